The first-order chi connectivity index (χ1) is 14.4. The Bertz CT molecular complexity index is 1170. The van der Waals surface area contributed by atoms with E-state index in [-0.39, 0.29) is 27.4 Å². The second-order valence-electron chi connectivity index (χ2n) is 5.47. The van der Waals surface area contributed by atoms with Crippen LogP contribution in [0.4, 0.5) is 0 Å². The van der Waals surface area contributed by atoms with Crippen LogP contribution in [0, 0.1) is 0 Å². The Morgan fingerprint density at radius 1 is 0.933 bits per heavy atom. The molecular formula is C18H10Br2Cl2N4O4. The summed E-state index contributed by atoms with van der Waals surface area (Å²) in [5.41, 5.74) is 0.641. The summed E-state index contributed by atoms with van der Waals surface area (Å²) < 4.78 is 11.3. The summed E-state index contributed by atoms with van der Waals surface area (Å²) in [6.45, 7) is 0. The number of rotatable bonds is 4. The van der Waals surface area contributed by atoms with Crippen molar-refractivity contribution in [3.63, 3.8) is 0 Å². The molecule has 1 unspecified atom stereocenters. The number of furan rings is 2. The number of hydrogen-bond acceptors (Lipinski definition) is 8. The molecule has 4 heterocycles. The predicted octanol–water partition coefficient (Wildman–Crippen LogP) is 5.28. The Balaban J connectivity index is 0.000000171. The highest BCUT2D eigenvalue weighted by Gasteiger charge is 2.18. The lowest BCUT2D eigenvalue weighted by atomic mass is 10.1. The zero-order valence-corrected chi connectivity index (χ0v) is 19.4. The molecule has 0 saturated carbocycles. The van der Waals surface area contributed by atoms with Gasteiger partial charge in [-0.1, -0.05) is 23.2 Å². The third-order valence-electron chi connectivity index (χ3n) is 3.55. The minimum Gasteiger partial charge on any atom is -0.451 e. The zero-order chi connectivity index (χ0) is 21.7. The summed E-state index contributed by atoms with van der Waals surface area (Å²) in [6, 6.07) is 6.52. The minimum absolute atomic E-state index is 0.113. The molecule has 1 N–H and O–H groups in total. The van der Waals surface area contributed by atoms with E-state index in [0.29, 0.717) is 20.7 Å². The lowest BCUT2D eigenvalue weighted by Crippen LogP contribution is -2.02. The number of aliphatic hydroxyl groups is 1. The van der Waals surface area contributed by atoms with Crippen molar-refractivity contribution in [1.82, 2.24) is 19.9 Å². The molecule has 0 radical (unpaired) electrons. The summed E-state index contributed by atoms with van der Waals surface area (Å²) in [7, 11) is 0. The molecule has 0 amide bonds. The highest BCUT2D eigenvalue weighted by molar-refractivity contribution is 9.10. The second kappa shape index (κ2) is 10.3. The van der Waals surface area contributed by atoms with Crippen molar-refractivity contribution >= 4 is 60.8 Å². The van der Waals surface area contributed by atoms with Crippen molar-refractivity contribution in [2.24, 2.45) is 0 Å². The Hall–Kier alpha value is -2.11. The number of nitrogens with zero attached hydrogens (tertiary/aromatic N) is 4. The maximum absolute atomic E-state index is 11.8. The molecule has 30 heavy (non-hydrogen) atoms. The number of halogens is 4. The summed E-state index contributed by atoms with van der Waals surface area (Å²) in [4.78, 5) is 26.8. The Kier molecular flexibility index (Phi) is 7.73. The van der Waals surface area contributed by atoms with Crippen LogP contribution in [0.25, 0.3) is 0 Å². The van der Waals surface area contributed by atoms with E-state index in [1.54, 1.807) is 24.3 Å². The number of aliphatic hydroxyl groups excluding tert-OH is 1. The molecule has 4 aromatic rings. The van der Waals surface area contributed by atoms with Crippen LogP contribution in [0.5, 0.6) is 0 Å². The SMILES string of the molecule is O=C(c1ccc(Br)o1)c1cncnc1Cl.OC(c1ccc(Br)o1)c1cncnc1Cl. The molecule has 8 nitrogen and oxygen atoms in total. The smallest absolute Gasteiger partial charge is 0.232 e. The average molecular weight is 577 g/mol. The molecule has 4 aromatic heterocycles. The summed E-state index contributed by atoms with van der Waals surface area (Å²) >= 11 is 17.8. The van der Waals surface area contributed by atoms with Crippen molar-refractivity contribution in [3.8, 4) is 0 Å². The van der Waals surface area contributed by atoms with Crippen LogP contribution in [-0.2, 0) is 0 Å². The molecule has 4 rings (SSSR count). The Morgan fingerprint density at radius 2 is 1.57 bits per heavy atom. The molecule has 0 fully saturated rings. The Labute approximate surface area is 196 Å². The van der Waals surface area contributed by atoms with Crippen molar-refractivity contribution < 1.29 is 18.7 Å². The first-order valence-electron chi connectivity index (χ1n) is 8.01. The number of aromatic nitrogens is 4. The molecule has 0 spiro atoms. The van der Waals surface area contributed by atoms with Gasteiger partial charge in [0.25, 0.3) is 0 Å². The van der Waals surface area contributed by atoms with Crippen LogP contribution in [0.3, 0.4) is 0 Å². The topological polar surface area (TPSA) is 115 Å². The van der Waals surface area contributed by atoms with Gasteiger partial charge in [-0.25, -0.2) is 19.9 Å². The van der Waals surface area contributed by atoms with E-state index in [1.807, 2.05) is 0 Å². The maximum Gasteiger partial charge on any atom is 0.232 e. The summed E-state index contributed by atoms with van der Waals surface area (Å²) in [5, 5.41) is 10.2. The largest absolute Gasteiger partial charge is 0.451 e. The number of hydrogen-bond donors (Lipinski definition) is 1. The van der Waals surface area contributed by atoms with E-state index in [0.717, 1.165) is 0 Å². The molecule has 0 aliphatic heterocycles. The van der Waals surface area contributed by atoms with Gasteiger partial charge in [-0.15, -0.1) is 0 Å². The van der Waals surface area contributed by atoms with E-state index >= 15 is 0 Å². The summed E-state index contributed by atoms with van der Waals surface area (Å²) in [6.07, 6.45) is 4.45. The van der Waals surface area contributed by atoms with Gasteiger partial charge in [-0.3, -0.25) is 4.79 Å². The van der Waals surface area contributed by atoms with Crippen molar-refractivity contribution in [3.05, 3.63) is 91.6 Å². The van der Waals surface area contributed by atoms with Gasteiger partial charge in [-0.05, 0) is 56.1 Å². The standard InChI is InChI=1S/C9H6BrClN2O2.C9H4BrClN2O2/c2*10-7-2-1-6(15-7)8(14)5-3-12-4-13-9(5)11/h1-4,8,14H;1-4H. The number of carbonyl (C=O) groups excluding carboxylic acids is 1. The van der Waals surface area contributed by atoms with Crippen molar-refractivity contribution in [2.75, 3.05) is 0 Å². The normalized spacial score (nSPS) is 11.5. The summed E-state index contributed by atoms with van der Waals surface area (Å²) in [5.74, 6) is 0.239. The van der Waals surface area contributed by atoms with Crippen LogP contribution in [0.15, 0.2) is 67.5 Å². The molecule has 12 heteroatoms. The molecule has 1 atom stereocenters. The predicted molar refractivity (Wildman–Crippen MR) is 114 cm³/mol. The first kappa shape index (κ1) is 22.6. The van der Waals surface area contributed by atoms with E-state index in [4.69, 9.17) is 32.0 Å². The third kappa shape index (κ3) is 5.52. The number of carbonyl (C=O) groups is 1. The van der Waals surface area contributed by atoms with E-state index < -0.39 is 6.10 Å². The highest BCUT2D eigenvalue weighted by atomic mass is 79.9. The fourth-order valence-corrected chi connectivity index (χ4v) is 3.17. The fraction of sp³-hybridized carbons (Fsp3) is 0.0556. The van der Waals surface area contributed by atoms with Gasteiger partial charge in [0.2, 0.25) is 5.78 Å². The van der Waals surface area contributed by atoms with Gasteiger partial charge >= 0.3 is 0 Å². The Morgan fingerprint density at radius 3 is 2.13 bits per heavy atom. The van der Waals surface area contributed by atoms with Gasteiger partial charge in [0.1, 0.15) is 34.8 Å². The van der Waals surface area contributed by atoms with Gasteiger partial charge in [0, 0.05) is 18.0 Å². The van der Waals surface area contributed by atoms with Crippen molar-refractivity contribution in [2.45, 2.75) is 6.10 Å². The van der Waals surface area contributed by atoms with E-state index in [2.05, 4.69) is 51.8 Å². The third-order valence-corrected chi connectivity index (χ3v) is 5.02. The lowest BCUT2D eigenvalue weighted by Gasteiger charge is -2.07. The maximum atomic E-state index is 11.8. The van der Waals surface area contributed by atoms with Crippen LogP contribution in [-0.4, -0.2) is 30.8 Å². The van der Waals surface area contributed by atoms with Gasteiger partial charge in [-0.2, -0.15) is 0 Å². The molecule has 0 aromatic carbocycles. The average Bonchev–Trinajstić information content (AvgIpc) is 3.37. The van der Waals surface area contributed by atoms with Gasteiger partial charge in [0.05, 0.1) is 5.56 Å². The highest BCUT2D eigenvalue weighted by Crippen LogP contribution is 2.28. The monoisotopic (exact) mass is 574 g/mol. The van der Waals surface area contributed by atoms with E-state index in [9.17, 15) is 9.90 Å². The van der Waals surface area contributed by atoms with Crippen LogP contribution >= 0.6 is 55.1 Å². The van der Waals surface area contributed by atoms with E-state index in [1.165, 1.54) is 25.0 Å². The molecule has 0 bridgehead atoms. The molecular weight excluding hydrogens is 567 g/mol. The lowest BCUT2D eigenvalue weighted by molar-refractivity contribution is 0.101. The molecule has 154 valence electrons. The minimum atomic E-state index is -0.954. The quantitative estimate of drug-likeness (QED) is 0.258. The van der Waals surface area contributed by atoms with Crippen LogP contribution < -0.4 is 0 Å². The molecule has 0 aliphatic rings. The molecule has 0 aliphatic carbocycles. The fourth-order valence-electron chi connectivity index (χ4n) is 2.17. The van der Waals surface area contributed by atoms with Crippen LogP contribution in [0.1, 0.15) is 33.5 Å². The number of ketones is 1. The van der Waals surface area contributed by atoms with Crippen molar-refractivity contribution in [1.29, 1.82) is 0 Å². The van der Waals surface area contributed by atoms with Gasteiger partial charge in [0.15, 0.2) is 15.1 Å². The molecule has 0 saturated heterocycles. The second-order valence-corrected chi connectivity index (χ2v) is 7.75. The first-order valence-corrected chi connectivity index (χ1v) is 10.3. The zero-order valence-electron chi connectivity index (χ0n) is 14.7. The van der Waals surface area contributed by atoms with Gasteiger partial charge < -0.3 is 13.9 Å². The van der Waals surface area contributed by atoms with Crippen LogP contribution in [0.2, 0.25) is 10.3 Å².